The molecule has 1 amide bonds. The van der Waals surface area contributed by atoms with Gasteiger partial charge in [-0.15, -0.1) is 0 Å². The van der Waals surface area contributed by atoms with Crippen LogP contribution in [0.25, 0.3) is 0 Å². The standard InChI is InChI=1S/C17H21N3O/c1-13(2)16-6-8-20(16)17(21)15-5-3-4-14(10-15)11-19-9-7-18-12-19/h3-5,7,9-10,12-13,16H,6,8,11H2,1-2H3. The molecule has 4 heteroatoms. The van der Waals surface area contributed by atoms with Crippen LogP contribution in [-0.2, 0) is 6.54 Å². The lowest BCUT2D eigenvalue weighted by Gasteiger charge is -2.43. The Bertz CT molecular complexity index is 619. The number of benzene rings is 1. The summed E-state index contributed by atoms with van der Waals surface area (Å²) in [5.74, 6) is 0.685. The molecular formula is C17H21N3O. The molecule has 1 unspecified atom stereocenters. The Hall–Kier alpha value is -2.10. The first-order valence-electron chi connectivity index (χ1n) is 7.51. The van der Waals surface area contributed by atoms with E-state index < -0.39 is 0 Å². The number of likely N-dealkylation sites (tertiary alicyclic amines) is 1. The summed E-state index contributed by atoms with van der Waals surface area (Å²) in [5, 5.41) is 0. The van der Waals surface area contributed by atoms with Crippen molar-refractivity contribution in [2.45, 2.75) is 32.9 Å². The molecule has 0 aliphatic carbocycles. The first-order chi connectivity index (χ1) is 10.1. The largest absolute Gasteiger partial charge is 0.335 e. The fourth-order valence-corrected chi connectivity index (χ4v) is 2.91. The molecule has 1 fully saturated rings. The predicted octanol–water partition coefficient (Wildman–Crippen LogP) is 2.80. The van der Waals surface area contributed by atoms with E-state index in [4.69, 9.17) is 0 Å². The lowest BCUT2D eigenvalue weighted by Crippen LogP contribution is -2.53. The van der Waals surface area contributed by atoms with Crippen LogP contribution in [0.15, 0.2) is 43.0 Å². The van der Waals surface area contributed by atoms with Gasteiger partial charge in [0.05, 0.1) is 6.33 Å². The Morgan fingerprint density at radius 2 is 2.29 bits per heavy atom. The molecule has 1 atom stereocenters. The van der Waals surface area contributed by atoms with Gasteiger partial charge in [0.2, 0.25) is 0 Å². The molecule has 21 heavy (non-hydrogen) atoms. The summed E-state index contributed by atoms with van der Waals surface area (Å²) in [6, 6.07) is 8.32. The molecule has 2 heterocycles. The van der Waals surface area contributed by atoms with E-state index in [1.165, 1.54) is 0 Å². The molecule has 3 rings (SSSR count). The second-order valence-corrected chi connectivity index (χ2v) is 6.03. The van der Waals surface area contributed by atoms with Gasteiger partial charge in [-0.1, -0.05) is 26.0 Å². The Balaban J connectivity index is 1.75. The maximum Gasteiger partial charge on any atom is 0.254 e. The molecule has 1 aromatic heterocycles. The highest BCUT2D eigenvalue weighted by Crippen LogP contribution is 2.26. The van der Waals surface area contributed by atoms with Crippen molar-refractivity contribution in [3.05, 3.63) is 54.1 Å². The first kappa shape index (κ1) is 13.9. The van der Waals surface area contributed by atoms with Crippen molar-refractivity contribution in [1.29, 1.82) is 0 Å². The third kappa shape index (κ3) is 2.84. The van der Waals surface area contributed by atoms with Crippen molar-refractivity contribution in [1.82, 2.24) is 14.5 Å². The van der Waals surface area contributed by atoms with E-state index >= 15 is 0 Å². The fraction of sp³-hybridized carbons (Fsp3) is 0.412. The van der Waals surface area contributed by atoms with Crippen LogP contribution in [0.3, 0.4) is 0 Å². The molecular weight excluding hydrogens is 262 g/mol. The van der Waals surface area contributed by atoms with Crippen LogP contribution in [0.2, 0.25) is 0 Å². The molecule has 1 aromatic carbocycles. The lowest BCUT2D eigenvalue weighted by atomic mass is 9.91. The zero-order valence-electron chi connectivity index (χ0n) is 12.6. The molecule has 110 valence electrons. The van der Waals surface area contributed by atoms with Crippen LogP contribution in [0.1, 0.15) is 36.2 Å². The molecule has 0 N–H and O–H groups in total. The SMILES string of the molecule is CC(C)C1CCN1C(=O)c1cccc(Cn2ccnc2)c1. The molecule has 0 saturated carbocycles. The van der Waals surface area contributed by atoms with Crippen molar-refractivity contribution in [3.63, 3.8) is 0 Å². The van der Waals surface area contributed by atoms with Crippen LogP contribution >= 0.6 is 0 Å². The van der Waals surface area contributed by atoms with Gasteiger partial charge in [0, 0.05) is 37.1 Å². The number of amides is 1. The molecule has 1 aliphatic heterocycles. The Kier molecular flexibility index (Phi) is 3.78. The summed E-state index contributed by atoms with van der Waals surface area (Å²) in [6.07, 6.45) is 6.61. The van der Waals surface area contributed by atoms with Crippen LogP contribution in [0.4, 0.5) is 0 Å². The van der Waals surface area contributed by atoms with Gasteiger partial charge in [0.15, 0.2) is 0 Å². The Morgan fingerprint density at radius 3 is 2.90 bits per heavy atom. The third-order valence-corrected chi connectivity index (χ3v) is 4.19. The maximum atomic E-state index is 12.6. The summed E-state index contributed by atoms with van der Waals surface area (Å²) in [7, 11) is 0. The minimum absolute atomic E-state index is 0.160. The number of hydrogen-bond acceptors (Lipinski definition) is 2. The quantitative estimate of drug-likeness (QED) is 0.865. The topological polar surface area (TPSA) is 38.1 Å². The van der Waals surface area contributed by atoms with Crippen LogP contribution in [0, 0.1) is 5.92 Å². The number of nitrogens with zero attached hydrogens (tertiary/aromatic N) is 3. The fourth-order valence-electron chi connectivity index (χ4n) is 2.91. The monoisotopic (exact) mass is 283 g/mol. The first-order valence-corrected chi connectivity index (χ1v) is 7.51. The number of aromatic nitrogens is 2. The lowest BCUT2D eigenvalue weighted by molar-refractivity contribution is 0.0348. The summed E-state index contributed by atoms with van der Waals surface area (Å²) >= 11 is 0. The molecule has 4 nitrogen and oxygen atoms in total. The zero-order valence-corrected chi connectivity index (χ0v) is 12.6. The second kappa shape index (κ2) is 5.72. The normalized spacial score (nSPS) is 17.9. The highest BCUT2D eigenvalue weighted by molar-refractivity contribution is 5.95. The number of imidazole rings is 1. The van der Waals surface area contributed by atoms with Crippen LogP contribution < -0.4 is 0 Å². The summed E-state index contributed by atoms with van der Waals surface area (Å²) in [6.45, 7) is 5.99. The van der Waals surface area contributed by atoms with Crippen LogP contribution in [-0.4, -0.2) is 32.9 Å². The molecule has 0 radical (unpaired) electrons. The van der Waals surface area contributed by atoms with Crippen molar-refractivity contribution in [3.8, 4) is 0 Å². The van der Waals surface area contributed by atoms with Crippen molar-refractivity contribution in [2.24, 2.45) is 5.92 Å². The van der Waals surface area contributed by atoms with E-state index in [9.17, 15) is 4.79 Å². The Morgan fingerprint density at radius 1 is 1.43 bits per heavy atom. The molecule has 0 bridgehead atoms. The van der Waals surface area contributed by atoms with E-state index in [1.807, 2.05) is 39.9 Å². The highest BCUT2D eigenvalue weighted by atomic mass is 16.2. The third-order valence-electron chi connectivity index (χ3n) is 4.19. The van der Waals surface area contributed by atoms with E-state index in [0.29, 0.717) is 12.0 Å². The number of rotatable bonds is 4. The average molecular weight is 283 g/mol. The van der Waals surface area contributed by atoms with Crippen molar-refractivity contribution >= 4 is 5.91 Å². The summed E-state index contributed by atoms with van der Waals surface area (Å²) < 4.78 is 2.00. The molecule has 1 aliphatic rings. The van der Waals surface area contributed by atoms with Crippen LogP contribution in [0.5, 0.6) is 0 Å². The van der Waals surface area contributed by atoms with E-state index in [0.717, 1.165) is 30.6 Å². The van der Waals surface area contributed by atoms with E-state index in [2.05, 4.69) is 18.8 Å². The Labute approximate surface area is 125 Å². The van der Waals surface area contributed by atoms with Gasteiger partial charge in [0.1, 0.15) is 0 Å². The minimum Gasteiger partial charge on any atom is -0.335 e. The predicted molar refractivity (Wildman–Crippen MR) is 82.1 cm³/mol. The van der Waals surface area contributed by atoms with Gasteiger partial charge < -0.3 is 9.47 Å². The van der Waals surface area contributed by atoms with E-state index in [1.54, 1.807) is 12.5 Å². The summed E-state index contributed by atoms with van der Waals surface area (Å²) in [4.78, 5) is 18.6. The van der Waals surface area contributed by atoms with Gasteiger partial charge in [-0.05, 0) is 30.0 Å². The summed E-state index contributed by atoms with van der Waals surface area (Å²) in [5.41, 5.74) is 1.92. The minimum atomic E-state index is 0.160. The number of carbonyl (C=O) groups excluding carboxylic acids is 1. The van der Waals surface area contributed by atoms with Crippen molar-refractivity contribution in [2.75, 3.05) is 6.54 Å². The van der Waals surface area contributed by atoms with Crippen molar-refractivity contribution < 1.29 is 4.79 Å². The van der Waals surface area contributed by atoms with Gasteiger partial charge in [0.25, 0.3) is 5.91 Å². The smallest absolute Gasteiger partial charge is 0.254 e. The average Bonchev–Trinajstić information content (AvgIpc) is 2.90. The van der Waals surface area contributed by atoms with Gasteiger partial charge in [-0.25, -0.2) is 4.98 Å². The van der Waals surface area contributed by atoms with Gasteiger partial charge in [-0.3, -0.25) is 4.79 Å². The van der Waals surface area contributed by atoms with E-state index in [-0.39, 0.29) is 5.91 Å². The molecule has 2 aromatic rings. The second-order valence-electron chi connectivity index (χ2n) is 6.03. The van der Waals surface area contributed by atoms with Gasteiger partial charge >= 0.3 is 0 Å². The maximum absolute atomic E-state index is 12.6. The number of carbonyl (C=O) groups is 1. The number of hydrogen-bond donors (Lipinski definition) is 0. The zero-order chi connectivity index (χ0) is 14.8. The molecule has 0 spiro atoms. The molecule has 1 saturated heterocycles. The van der Waals surface area contributed by atoms with Gasteiger partial charge in [-0.2, -0.15) is 0 Å². The highest BCUT2D eigenvalue weighted by Gasteiger charge is 2.34.